The van der Waals surface area contributed by atoms with Gasteiger partial charge < -0.3 is 10.1 Å². The van der Waals surface area contributed by atoms with Crippen LogP contribution in [0.5, 0.6) is 0 Å². The third-order valence-corrected chi connectivity index (χ3v) is 3.84. The Bertz CT molecular complexity index is 799. The topological polar surface area (TPSA) is 91.4 Å². The van der Waals surface area contributed by atoms with Gasteiger partial charge in [-0.05, 0) is 45.4 Å². The first-order chi connectivity index (χ1) is 11.8. The van der Waals surface area contributed by atoms with Crippen molar-refractivity contribution in [3.8, 4) is 0 Å². The highest BCUT2D eigenvalue weighted by molar-refractivity contribution is 6.07. The summed E-state index contributed by atoms with van der Waals surface area (Å²) in [6.45, 7) is 9.27. The van der Waals surface area contributed by atoms with E-state index >= 15 is 0 Å². The minimum Gasteiger partial charge on any atom is -0.381 e. The van der Waals surface area contributed by atoms with E-state index in [1.54, 1.807) is 0 Å². The maximum absolute atomic E-state index is 12.3. The van der Waals surface area contributed by atoms with E-state index in [0.29, 0.717) is 37.3 Å². The van der Waals surface area contributed by atoms with Gasteiger partial charge in [0.2, 0.25) is 11.9 Å². The van der Waals surface area contributed by atoms with Crippen LogP contribution in [0, 0.1) is 12.8 Å². The predicted molar refractivity (Wildman–Crippen MR) is 98.7 cm³/mol. The summed E-state index contributed by atoms with van der Waals surface area (Å²) >= 11 is 0. The number of carbonyl (C=O) groups is 1. The Morgan fingerprint density at radius 3 is 2.80 bits per heavy atom. The highest BCUT2D eigenvalue weighted by Gasteiger charge is 2.23. The second-order valence-corrected chi connectivity index (χ2v) is 7.53. The van der Waals surface area contributed by atoms with E-state index in [1.165, 1.54) is 0 Å². The Morgan fingerprint density at radius 2 is 2.16 bits per heavy atom. The second-order valence-electron chi connectivity index (χ2n) is 7.53. The molecule has 1 aromatic carbocycles. The minimum atomic E-state index is -0.335. The molecule has 2 heterocycles. The summed E-state index contributed by atoms with van der Waals surface area (Å²) in [5, 5.41) is 14.3. The number of nitrogens with one attached hydrogen (secondary N) is 3. The van der Waals surface area contributed by atoms with Crippen LogP contribution in [-0.4, -0.2) is 40.8 Å². The number of aliphatic imine (C=N–C) groups is 1. The number of H-pyrrole nitrogens is 1. The van der Waals surface area contributed by atoms with Crippen molar-refractivity contribution in [2.45, 2.75) is 39.7 Å². The number of hydrogen-bond donors (Lipinski definition) is 3. The Kier molecular flexibility index (Phi) is 4.76. The third kappa shape index (κ3) is 4.57. The van der Waals surface area contributed by atoms with E-state index < -0.39 is 0 Å². The number of carbonyl (C=O) groups excluding carboxylic acids is 1. The first-order valence-electron chi connectivity index (χ1n) is 8.49. The van der Waals surface area contributed by atoms with Gasteiger partial charge >= 0.3 is 0 Å². The lowest BCUT2D eigenvalue weighted by atomic mass is 10.0. The quantitative estimate of drug-likeness (QED) is 0.590. The fourth-order valence-electron chi connectivity index (χ4n) is 2.61. The molecule has 134 valence electrons. The Hall–Kier alpha value is -2.41. The van der Waals surface area contributed by atoms with Gasteiger partial charge in [0.05, 0.1) is 24.3 Å². The van der Waals surface area contributed by atoms with E-state index in [9.17, 15) is 4.79 Å². The van der Waals surface area contributed by atoms with Crippen LogP contribution in [0.3, 0.4) is 0 Å². The summed E-state index contributed by atoms with van der Waals surface area (Å²) in [6.07, 6.45) is 0.436. The van der Waals surface area contributed by atoms with Gasteiger partial charge in [-0.15, -0.1) is 0 Å². The van der Waals surface area contributed by atoms with Crippen LogP contribution in [0.1, 0.15) is 32.8 Å². The normalized spacial score (nSPS) is 15.9. The summed E-state index contributed by atoms with van der Waals surface area (Å²) in [4.78, 5) is 16.9. The predicted octanol–water partition coefficient (Wildman–Crippen LogP) is 2.59. The molecule has 2 aromatic rings. The van der Waals surface area contributed by atoms with Crippen LogP contribution < -0.4 is 10.6 Å². The first-order valence-corrected chi connectivity index (χ1v) is 8.49. The van der Waals surface area contributed by atoms with Crippen LogP contribution in [0.4, 0.5) is 5.82 Å². The van der Waals surface area contributed by atoms with Gasteiger partial charge in [0.15, 0.2) is 5.82 Å². The van der Waals surface area contributed by atoms with Crippen molar-refractivity contribution >= 4 is 28.6 Å². The maximum atomic E-state index is 12.3. The molecule has 1 aromatic heterocycles. The van der Waals surface area contributed by atoms with Crippen LogP contribution in [0.25, 0.3) is 10.9 Å². The molecular formula is C18H25N5O2. The number of nitrogens with zero attached hydrogens (tertiary/aromatic N) is 2. The number of hydrogen-bond acceptors (Lipinski definition) is 4. The van der Waals surface area contributed by atoms with Crippen LogP contribution in [0.2, 0.25) is 0 Å². The number of fused-ring (bicyclic) bond motifs is 1. The Labute approximate surface area is 147 Å². The lowest BCUT2D eigenvalue weighted by Crippen LogP contribution is -2.41. The molecule has 1 fully saturated rings. The highest BCUT2D eigenvalue weighted by atomic mass is 16.5. The molecule has 0 bridgehead atoms. The number of ether oxygens (including phenoxy) is 1. The summed E-state index contributed by atoms with van der Waals surface area (Å²) < 4.78 is 5.12. The number of aromatic amines is 1. The van der Waals surface area contributed by atoms with Crippen molar-refractivity contribution in [2.24, 2.45) is 10.9 Å². The van der Waals surface area contributed by atoms with Crippen LogP contribution in [0.15, 0.2) is 23.2 Å². The van der Waals surface area contributed by atoms with Crippen molar-refractivity contribution in [1.82, 2.24) is 15.5 Å². The standard InChI is InChI=1S/C18H25N5O2/c1-11-5-6-13-14(7-11)22-23-16(13)20-17(21-18(2,3)4)19-15(24)8-12-9-25-10-12/h5-7,12H,8-10H2,1-4H3,(H3,19,20,21,22,23,24). The maximum Gasteiger partial charge on any atom is 0.227 e. The molecule has 25 heavy (non-hydrogen) atoms. The number of guanidine groups is 1. The third-order valence-electron chi connectivity index (χ3n) is 3.84. The van der Waals surface area contributed by atoms with E-state index in [1.807, 2.05) is 45.9 Å². The summed E-state index contributed by atoms with van der Waals surface area (Å²) in [6, 6.07) is 6.06. The largest absolute Gasteiger partial charge is 0.381 e. The van der Waals surface area contributed by atoms with Gasteiger partial charge in [-0.2, -0.15) is 5.10 Å². The monoisotopic (exact) mass is 343 g/mol. The van der Waals surface area contributed by atoms with Gasteiger partial charge in [-0.25, -0.2) is 4.99 Å². The summed E-state index contributed by atoms with van der Waals surface area (Å²) in [5.74, 6) is 1.28. The SMILES string of the molecule is Cc1ccc2c(NC(=NC(C)(C)C)NC(=O)CC3COC3)n[nH]c2c1. The molecule has 1 amide bonds. The summed E-state index contributed by atoms with van der Waals surface area (Å²) in [5.41, 5.74) is 1.76. The molecule has 0 radical (unpaired) electrons. The van der Waals surface area contributed by atoms with Gasteiger partial charge in [0.25, 0.3) is 0 Å². The first kappa shape index (κ1) is 17.4. The molecular weight excluding hydrogens is 318 g/mol. The molecule has 1 aliphatic rings. The Morgan fingerprint density at radius 1 is 1.40 bits per heavy atom. The molecule has 1 saturated heterocycles. The Balaban J connectivity index is 1.78. The molecule has 7 heteroatoms. The van der Waals surface area contributed by atoms with E-state index in [0.717, 1.165) is 16.5 Å². The molecule has 7 nitrogen and oxygen atoms in total. The minimum absolute atomic E-state index is 0.0699. The molecule has 0 aliphatic carbocycles. The summed E-state index contributed by atoms with van der Waals surface area (Å²) in [7, 11) is 0. The van der Waals surface area contributed by atoms with E-state index in [2.05, 4.69) is 25.8 Å². The molecule has 1 aliphatic heterocycles. The molecule has 0 atom stereocenters. The fraction of sp³-hybridized carbons (Fsp3) is 0.500. The van der Waals surface area contributed by atoms with E-state index in [4.69, 9.17) is 4.74 Å². The highest BCUT2D eigenvalue weighted by Crippen LogP contribution is 2.21. The molecule has 0 saturated carbocycles. The average molecular weight is 343 g/mol. The molecule has 3 N–H and O–H groups in total. The molecule has 0 spiro atoms. The zero-order valence-electron chi connectivity index (χ0n) is 15.1. The number of amides is 1. The molecule has 0 unspecified atom stereocenters. The average Bonchev–Trinajstić information content (AvgIpc) is 2.83. The van der Waals surface area contributed by atoms with Crippen molar-refractivity contribution in [1.29, 1.82) is 0 Å². The number of rotatable bonds is 3. The fourth-order valence-corrected chi connectivity index (χ4v) is 2.61. The van der Waals surface area contributed by atoms with Crippen LogP contribution >= 0.6 is 0 Å². The van der Waals surface area contributed by atoms with Gasteiger partial charge in [0, 0.05) is 17.7 Å². The zero-order chi connectivity index (χ0) is 18.0. The number of benzene rings is 1. The van der Waals surface area contributed by atoms with Gasteiger partial charge in [0.1, 0.15) is 0 Å². The number of aromatic nitrogens is 2. The lowest BCUT2D eigenvalue weighted by Gasteiger charge is -2.25. The van der Waals surface area contributed by atoms with Crippen LogP contribution in [-0.2, 0) is 9.53 Å². The van der Waals surface area contributed by atoms with Crippen molar-refractivity contribution in [2.75, 3.05) is 18.5 Å². The molecule has 3 rings (SSSR count). The lowest BCUT2D eigenvalue weighted by molar-refractivity contribution is -0.125. The van der Waals surface area contributed by atoms with Gasteiger partial charge in [-0.1, -0.05) is 6.07 Å². The zero-order valence-corrected chi connectivity index (χ0v) is 15.1. The van der Waals surface area contributed by atoms with E-state index in [-0.39, 0.29) is 11.4 Å². The number of aryl methyl sites for hydroxylation is 1. The van der Waals surface area contributed by atoms with Crippen molar-refractivity contribution in [3.63, 3.8) is 0 Å². The number of anilines is 1. The van der Waals surface area contributed by atoms with Crippen molar-refractivity contribution < 1.29 is 9.53 Å². The smallest absolute Gasteiger partial charge is 0.227 e. The van der Waals surface area contributed by atoms with Crippen molar-refractivity contribution in [3.05, 3.63) is 23.8 Å². The second kappa shape index (κ2) is 6.84. The van der Waals surface area contributed by atoms with Gasteiger partial charge in [-0.3, -0.25) is 15.2 Å².